The van der Waals surface area contributed by atoms with E-state index in [-0.39, 0.29) is 6.42 Å². The number of aliphatic carboxylic acids is 1. The van der Waals surface area contributed by atoms with Gasteiger partial charge in [-0.05, 0) is 31.2 Å². The third kappa shape index (κ3) is 2.80. The number of carboxylic acids is 1. The number of fused-ring (bicyclic) bond motifs is 1. The summed E-state index contributed by atoms with van der Waals surface area (Å²) in [6.45, 7) is 1.97. The molecule has 0 saturated heterocycles. The Balaban J connectivity index is 2.13. The molecule has 23 heavy (non-hydrogen) atoms. The molecule has 3 rings (SSSR count). The summed E-state index contributed by atoms with van der Waals surface area (Å²) < 4.78 is 7.15. The van der Waals surface area contributed by atoms with E-state index in [2.05, 4.69) is 4.98 Å². The largest absolute Gasteiger partial charge is 0.497 e. The van der Waals surface area contributed by atoms with E-state index in [4.69, 9.17) is 15.6 Å². The second-order valence-corrected chi connectivity index (χ2v) is 6.12. The molecule has 3 N–H and O–H groups in total. The van der Waals surface area contributed by atoms with Gasteiger partial charge in [0, 0.05) is 23.1 Å². The van der Waals surface area contributed by atoms with Gasteiger partial charge < -0.3 is 15.6 Å². The molecule has 2 heterocycles. The minimum absolute atomic E-state index is 0.218. The quantitative estimate of drug-likeness (QED) is 0.749. The maximum atomic E-state index is 11.1. The second kappa shape index (κ2) is 6.02. The predicted molar refractivity (Wildman–Crippen MR) is 89.1 cm³/mol. The Hall–Kier alpha value is -2.38. The highest BCUT2D eigenvalue weighted by atomic mass is 32.1. The van der Waals surface area contributed by atoms with E-state index in [9.17, 15) is 4.79 Å². The number of rotatable bonds is 5. The number of aromatic nitrogens is 2. The molecule has 1 unspecified atom stereocenters. The van der Waals surface area contributed by atoms with Crippen molar-refractivity contribution < 1.29 is 14.6 Å². The first-order valence-electron chi connectivity index (χ1n) is 7.09. The second-order valence-electron chi connectivity index (χ2n) is 5.28. The number of thiazole rings is 1. The summed E-state index contributed by atoms with van der Waals surface area (Å²) in [6.07, 6.45) is 0.218. The van der Waals surface area contributed by atoms with E-state index in [1.165, 1.54) is 11.3 Å². The molecule has 1 atom stereocenters. The number of methoxy groups -OCH3 is 1. The lowest BCUT2D eigenvalue weighted by Crippen LogP contribution is -2.32. The molecule has 0 aliphatic heterocycles. The van der Waals surface area contributed by atoms with Gasteiger partial charge in [0.2, 0.25) is 0 Å². The Kier molecular flexibility index (Phi) is 4.06. The van der Waals surface area contributed by atoms with Gasteiger partial charge in [-0.25, -0.2) is 4.98 Å². The number of carboxylic acid groups (broad SMARTS) is 1. The maximum absolute atomic E-state index is 11.1. The number of ether oxygens (including phenoxy) is 1. The standard InChI is InChI=1S/C16H17N3O3S/c1-9-8-23-16-18-14(10-3-5-11(22-2)6-4-10)13(19(9)16)7-12(17)15(20)21/h3-6,8,12H,7,17H2,1-2H3,(H,20,21). The maximum Gasteiger partial charge on any atom is 0.320 e. The van der Waals surface area contributed by atoms with Crippen molar-refractivity contribution in [3.05, 3.63) is 41.0 Å². The van der Waals surface area contributed by atoms with E-state index >= 15 is 0 Å². The van der Waals surface area contributed by atoms with Crippen molar-refractivity contribution in [2.45, 2.75) is 19.4 Å². The van der Waals surface area contributed by atoms with Crippen LogP contribution in [-0.4, -0.2) is 33.6 Å². The summed E-state index contributed by atoms with van der Waals surface area (Å²) in [5.41, 5.74) is 9.26. The number of hydrogen-bond donors (Lipinski definition) is 2. The van der Waals surface area contributed by atoms with Crippen LogP contribution in [0.25, 0.3) is 16.2 Å². The normalized spacial score (nSPS) is 12.5. The Morgan fingerprint density at radius 3 is 2.74 bits per heavy atom. The van der Waals surface area contributed by atoms with Gasteiger partial charge >= 0.3 is 5.97 Å². The fourth-order valence-corrected chi connectivity index (χ4v) is 3.41. The number of aryl methyl sites for hydroxylation is 1. The summed E-state index contributed by atoms with van der Waals surface area (Å²) in [6, 6.07) is 6.58. The molecular formula is C16H17N3O3S. The van der Waals surface area contributed by atoms with Crippen LogP contribution in [0.4, 0.5) is 0 Å². The fourth-order valence-electron chi connectivity index (χ4n) is 2.53. The van der Waals surface area contributed by atoms with E-state index in [1.807, 2.05) is 41.0 Å². The molecule has 0 saturated carbocycles. The zero-order valence-electron chi connectivity index (χ0n) is 12.8. The van der Waals surface area contributed by atoms with Crippen LogP contribution >= 0.6 is 11.3 Å². The first-order chi connectivity index (χ1) is 11.0. The third-order valence-electron chi connectivity index (χ3n) is 3.72. The molecule has 1 aromatic carbocycles. The number of benzene rings is 1. The zero-order valence-corrected chi connectivity index (χ0v) is 13.6. The minimum Gasteiger partial charge on any atom is -0.497 e. The molecule has 0 bridgehead atoms. The van der Waals surface area contributed by atoms with E-state index in [0.717, 1.165) is 33.4 Å². The summed E-state index contributed by atoms with van der Waals surface area (Å²) in [5, 5.41) is 11.1. The average molecular weight is 331 g/mol. The van der Waals surface area contributed by atoms with Gasteiger partial charge in [0.05, 0.1) is 18.5 Å². The molecule has 6 nitrogen and oxygen atoms in total. The zero-order chi connectivity index (χ0) is 16.6. The highest BCUT2D eigenvalue weighted by molar-refractivity contribution is 7.15. The topological polar surface area (TPSA) is 89.9 Å². The van der Waals surface area contributed by atoms with Crippen LogP contribution in [0.2, 0.25) is 0 Å². The molecule has 0 aliphatic carbocycles. The lowest BCUT2D eigenvalue weighted by molar-refractivity contribution is -0.138. The summed E-state index contributed by atoms with van der Waals surface area (Å²) in [5.74, 6) is -0.261. The number of nitrogens with zero attached hydrogens (tertiary/aromatic N) is 2. The molecule has 7 heteroatoms. The van der Waals surface area contributed by atoms with Crippen LogP contribution in [0.1, 0.15) is 11.4 Å². The average Bonchev–Trinajstić information content (AvgIpc) is 3.08. The van der Waals surface area contributed by atoms with Crippen LogP contribution in [0.5, 0.6) is 5.75 Å². The van der Waals surface area contributed by atoms with Crippen molar-refractivity contribution in [1.29, 1.82) is 0 Å². The fraction of sp³-hybridized carbons (Fsp3) is 0.250. The van der Waals surface area contributed by atoms with Gasteiger partial charge in [-0.1, -0.05) is 0 Å². The van der Waals surface area contributed by atoms with Crippen molar-refractivity contribution in [3.63, 3.8) is 0 Å². The molecule has 0 aliphatic rings. The molecule has 0 spiro atoms. The molecule has 0 radical (unpaired) electrons. The van der Waals surface area contributed by atoms with Gasteiger partial charge in [-0.15, -0.1) is 11.3 Å². The van der Waals surface area contributed by atoms with Crippen LogP contribution < -0.4 is 10.5 Å². The van der Waals surface area contributed by atoms with Gasteiger partial charge in [-0.3, -0.25) is 9.20 Å². The molecule has 120 valence electrons. The minimum atomic E-state index is -1.02. The van der Waals surface area contributed by atoms with Crippen LogP contribution in [-0.2, 0) is 11.2 Å². The van der Waals surface area contributed by atoms with Gasteiger partial charge in [0.1, 0.15) is 11.8 Å². The Labute approximate surface area is 137 Å². The number of carbonyl (C=O) groups is 1. The van der Waals surface area contributed by atoms with Crippen LogP contribution in [0, 0.1) is 6.92 Å². The molecular weight excluding hydrogens is 314 g/mol. The predicted octanol–water partition coefficient (Wildman–Crippen LogP) is 2.33. The van der Waals surface area contributed by atoms with Gasteiger partial charge in [0.25, 0.3) is 0 Å². The summed E-state index contributed by atoms with van der Waals surface area (Å²) in [4.78, 5) is 16.6. The van der Waals surface area contributed by atoms with Gasteiger partial charge in [-0.2, -0.15) is 0 Å². The Morgan fingerprint density at radius 1 is 1.43 bits per heavy atom. The van der Waals surface area contributed by atoms with Crippen LogP contribution in [0.3, 0.4) is 0 Å². The summed E-state index contributed by atoms with van der Waals surface area (Å²) in [7, 11) is 1.61. The van der Waals surface area contributed by atoms with E-state index < -0.39 is 12.0 Å². The summed E-state index contributed by atoms with van der Waals surface area (Å²) >= 11 is 1.53. The van der Waals surface area contributed by atoms with Gasteiger partial charge in [0.15, 0.2) is 4.96 Å². The first kappa shape index (κ1) is 15.5. The number of hydrogen-bond acceptors (Lipinski definition) is 5. The first-order valence-corrected chi connectivity index (χ1v) is 7.97. The van der Waals surface area contributed by atoms with Crippen molar-refractivity contribution >= 4 is 22.3 Å². The van der Waals surface area contributed by atoms with E-state index in [0.29, 0.717) is 0 Å². The smallest absolute Gasteiger partial charge is 0.320 e. The SMILES string of the molecule is COc1ccc(-c2nc3scc(C)n3c2CC(N)C(=O)O)cc1. The van der Waals surface area contributed by atoms with Crippen molar-refractivity contribution in [1.82, 2.24) is 9.38 Å². The Morgan fingerprint density at radius 2 is 2.13 bits per heavy atom. The monoisotopic (exact) mass is 331 g/mol. The highest BCUT2D eigenvalue weighted by Crippen LogP contribution is 2.30. The van der Waals surface area contributed by atoms with Crippen molar-refractivity contribution in [3.8, 4) is 17.0 Å². The molecule has 2 aromatic heterocycles. The van der Waals surface area contributed by atoms with Crippen molar-refractivity contribution in [2.75, 3.05) is 7.11 Å². The lowest BCUT2D eigenvalue weighted by atomic mass is 10.1. The molecule has 0 fully saturated rings. The highest BCUT2D eigenvalue weighted by Gasteiger charge is 2.22. The Bertz CT molecular complexity index is 851. The molecule has 3 aromatic rings. The molecule has 0 amide bonds. The number of nitrogens with two attached hydrogens (primary N) is 1. The lowest BCUT2D eigenvalue weighted by Gasteiger charge is -2.09. The van der Waals surface area contributed by atoms with E-state index in [1.54, 1.807) is 7.11 Å². The van der Waals surface area contributed by atoms with Crippen LogP contribution in [0.15, 0.2) is 29.6 Å². The number of imidazole rings is 1. The van der Waals surface area contributed by atoms with Crippen molar-refractivity contribution in [2.24, 2.45) is 5.73 Å². The third-order valence-corrected chi connectivity index (χ3v) is 4.67.